The zero-order chi connectivity index (χ0) is 18.6. The summed E-state index contributed by atoms with van der Waals surface area (Å²) in [7, 11) is 0. The van der Waals surface area contributed by atoms with Crippen LogP contribution in [0.25, 0.3) is 0 Å². The number of carbonyl (C=O) groups excluding carboxylic acids is 1. The van der Waals surface area contributed by atoms with Crippen LogP contribution in [0, 0.1) is 15.9 Å². The third kappa shape index (κ3) is 4.74. The van der Waals surface area contributed by atoms with Crippen LogP contribution in [0.5, 0.6) is 0 Å². The van der Waals surface area contributed by atoms with Gasteiger partial charge in [0.05, 0.1) is 10.8 Å². The summed E-state index contributed by atoms with van der Waals surface area (Å²) in [5.41, 5.74) is -0.258. The number of carboxylic acid groups (broad SMARTS) is 1. The van der Waals surface area contributed by atoms with E-state index in [1.807, 2.05) is 0 Å². The monoisotopic (exact) mass is 366 g/mol. The molecule has 2 N–H and O–H groups in total. The maximum absolute atomic E-state index is 13.0. The van der Waals surface area contributed by atoms with Gasteiger partial charge in [-0.2, -0.15) is 0 Å². The van der Waals surface area contributed by atoms with Crippen molar-refractivity contribution in [2.45, 2.75) is 12.3 Å². The number of amides is 1. The zero-order valence-corrected chi connectivity index (χ0v) is 13.4. The van der Waals surface area contributed by atoms with Gasteiger partial charge in [0.1, 0.15) is 11.5 Å². The van der Waals surface area contributed by atoms with E-state index in [0.717, 1.165) is 18.2 Å². The highest BCUT2D eigenvalue weighted by Crippen LogP contribution is 2.29. The van der Waals surface area contributed by atoms with E-state index in [4.69, 9.17) is 11.6 Å². The quantitative estimate of drug-likeness (QED) is 0.599. The number of nitro benzene ring substituents is 1. The standard InChI is InChI=1S/C16H12ClFN2O5/c17-10-3-6-13(14(7-10)20(24)25)19-15(21)8-12(16(22)23)9-1-4-11(18)5-2-9/h1-7,12H,8H2,(H,19,21)(H,22,23). The topological polar surface area (TPSA) is 110 Å². The average molecular weight is 367 g/mol. The van der Waals surface area contributed by atoms with E-state index >= 15 is 0 Å². The molecule has 0 aliphatic heterocycles. The molecule has 2 aromatic rings. The van der Waals surface area contributed by atoms with Crippen LogP contribution in [0.1, 0.15) is 17.9 Å². The van der Waals surface area contributed by atoms with Crippen molar-refractivity contribution < 1.29 is 24.0 Å². The Kier molecular flexibility index (Phi) is 5.66. The van der Waals surface area contributed by atoms with Crippen LogP contribution in [-0.4, -0.2) is 21.9 Å². The van der Waals surface area contributed by atoms with Crippen LogP contribution >= 0.6 is 11.6 Å². The molecular formula is C16H12ClFN2O5. The first kappa shape index (κ1) is 18.3. The highest BCUT2D eigenvalue weighted by atomic mass is 35.5. The number of rotatable bonds is 6. The molecule has 2 aromatic carbocycles. The SMILES string of the molecule is O=C(CC(C(=O)O)c1ccc(F)cc1)Nc1ccc(Cl)cc1[N+](=O)[O-]. The molecule has 0 bridgehead atoms. The molecule has 0 saturated heterocycles. The summed E-state index contributed by atoms with van der Waals surface area (Å²) in [6.07, 6.45) is -0.471. The predicted octanol–water partition coefficient (Wildman–Crippen LogP) is 3.58. The van der Waals surface area contributed by atoms with Gasteiger partial charge < -0.3 is 10.4 Å². The molecule has 0 heterocycles. The van der Waals surface area contributed by atoms with E-state index in [-0.39, 0.29) is 16.3 Å². The summed E-state index contributed by atoms with van der Waals surface area (Å²) >= 11 is 5.69. The molecule has 0 aliphatic carbocycles. The Morgan fingerprint density at radius 1 is 1.24 bits per heavy atom. The van der Waals surface area contributed by atoms with Crippen LogP contribution in [0.2, 0.25) is 5.02 Å². The van der Waals surface area contributed by atoms with Gasteiger partial charge in [0, 0.05) is 17.5 Å². The Balaban J connectivity index is 2.19. The minimum atomic E-state index is -1.27. The number of anilines is 1. The van der Waals surface area contributed by atoms with Gasteiger partial charge in [0.15, 0.2) is 0 Å². The molecule has 130 valence electrons. The molecular weight excluding hydrogens is 355 g/mol. The van der Waals surface area contributed by atoms with E-state index in [0.29, 0.717) is 0 Å². The lowest BCUT2D eigenvalue weighted by atomic mass is 9.95. The fourth-order valence-electron chi connectivity index (χ4n) is 2.19. The maximum atomic E-state index is 13.0. The van der Waals surface area contributed by atoms with Gasteiger partial charge >= 0.3 is 5.97 Å². The number of nitrogens with one attached hydrogen (secondary N) is 1. The molecule has 0 fully saturated rings. The highest BCUT2D eigenvalue weighted by molar-refractivity contribution is 6.31. The lowest BCUT2D eigenvalue weighted by molar-refractivity contribution is -0.383. The molecule has 0 radical (unpaired) electrons. The van der Waals surface area contributed by atoms with Crippen LogP contribution in [0.4, 0.5) is 15.8 Å². The molecule has 0 aliphatic rings. The van der Waals surface area contributed by atoms with E-state index < -0.39 is 40.6 Å². The maximum Gasteiger partial charge on any atom is 0.311 e. The molecule has 1 amide bonds. The average Bonchev–Trinajstić information content (AvgIpc) is 2.55. The normalized spacial score (nSPS) is 11.6. The smallest absolute Gasteiger partial charge is 0.311 e. The number of aliphatic carboxylic acids is 1. The van der Waals surface area contributed by atoms with Crippen molar-refractivity contribution >= 4 is 34.9 Å². The van der Waals surface area contributed by atoms with Crippen LogP contribution in [0.15, 0.2) is 42.5 Å². The van der Waals surface area contributed by atoms with Gasteiger partial charge in [0.2, 0.25) is 5.91 Å². The fraction of sp³-hybridized carbons (Fsp3) is 0.125. The fourth-order valence-corrected chi connectivity index (χ4v) is 2.36. The first-order chi connectivity index (χ1) is 11.8. The van der Waals surface area contributed by atoms with E-state index in [9.17, 15) is 29.2 Å². The van der Waals surface area contributed by atoms with Crippen molar-refractivity contribution in [3.8, 4) is 0 Å². The van der Waals surface area contributed by atoms with E-state index in [2.05, 4.69) is 5.32 Å². The molecule has 0 spiro atoms. The number of hydrogen-bond donors (Lipinski definition) is 2. The van der Waals surface area contributed by atoms with Crippen LogP contribution in [-0.2, 0) is 9.59 Å². The van der Waals surface area contributed by atoms with Crippen LogP contribution in [0.3, 0.4) is 0 Å². The van der Waals surface area contributed by atoms with Gasteiger partial charge in [-0.05, 0) is 29.8 Å². The summed E-state index contributed by atoms with van der Waals surface area (Å²) in [5.74, 6) is -3.75. The van der Waals surface area contributed by atoms with Crippen LogP contribution < -0.4 is 5.32 Å². The van der Waals surface area contributed by atoms with E-state index in [1.54, 1.807) is 0 Å². The Labute approximate surface area is 146 Å². The van der Waals surface area contributed by atoms with Crippen molar-refractivity contribution in [2.75, 3.05) is 5.32 Å². The Morgan fingerprint density at radius 3 is 2.44 bits per heavy atom. The molecule has 9 heteroatoms. The molecule has 2 rings (SSSR count). The minimum absolute atomic E-state index is 0.0948. The number of nitrogens with zero attached hydrogens (tertiary/aromatic N) is 1. The minimum Gasteiger partial charge on any atom is -0.481 e. The largest absolute Gasteiger partial charge is 0.481 e. The first-order valence-electron chi connectivity index (χ1n) is 7.00. The number of halogens is 2. The number of carboxylic acids is 1. The number of carbonyl (C=O) groups is 2. The number of benzene rings is 2. The number of hydrogen-bond acceptors (Lipinski definition) is 4. The Hall–Kier alpha value is -3.00. The van der Waals surface area contributed by atoms with Crippen molar-refractivity contribution in [3.63, 3.8) is 0 Å². The summed E-state index contributed by atoms with van der Waals surface area (Å²) < 4.78 is 13.0. The van der Waals surface area contributed by atoms with Gasteiger partial charge in [-0.1, -0.05) is 23.7 Å². The van der Waals surface area contributed by atoms with Gasteiger partial charge in [-0.15, -0.1) is 0 Å². The van der Waals surface area contributed by atoms with Gasteiger partial charge in [-0.3, -0.25) is 19.7 Å². The second-order valence-corrected chi connectivity index (χ2v) is 5.55. The lowest BCUT2D eigenvalue weighted by Gasteiger charge is -2.13. The first-order valence-corrected chi connectivity index (χ1v) is 7.38. The van der Waals surface area contributed by atoms with Crippen molar-refractivity contribution in [1.29, 1.82) is 0 Å². The summed E-state index contributed by atoms with van der Waals surface area (Å²) in [4.78, 5) is 33.8. The molecule has 0 saturated carbocycles. The third-order valence-electron chi connectivity index (χ3n) is 3.39. The third-order valence-corrected chi connectivity index (χ3v) is 3.63. The summed E-state index contributed by atoms with van der Waals surface area (Å²) in [5, 5.41) is 22.7. The molecule has 25 heavy (non-hydrogen) atoms. The summed E-state index contributed by atoms with van der Waals surface area (Å²) in [6, 6.07) is 8.41. The molecule has 7 nitrogen and oxygen atoms in total. The number of nitro groups is 1. The van der Waals surface area contributed by atoms with Crippen molar-refractivity contribution in [1.82, 2.24) is 0 Å². The molecule has 1 unspecified atom stereocenters. The molecule has 0 aromatic heterocycles. The highest BCUT2D eigenvalue weighted by Gasteiger charge is 2.25. The van der Waals surface area contributed by atoms with Crippen molar-refractivity contribution in [3.05, 3.63) is 69.0 Å². The second kappa shape index (κ2) is 7.71. The second-order valence-electron chi connectivity index (χ2n) is 5.11. The van der Waals surface area contributed by atoms with Gasteiger partial charge in [0.25, 0.3) is 5.69 Å². The lowest BCUT2D eigenvalue weighted by Crippen LogP contribution is -2.21. The predicted molar refractivity (Wildman–Crippen MR) is 88.1 cm³/mol. The Bertz CT molecular complexity index is 826. The van der Waals surface area contributed by atoms with Crippen molar-refractivity contribution in [2.24, 2.45) is 0 Å². The van der Waals surface area contributed by atoms with E-state index in [1.165, 1.54) is 24.3 Å². The molecule has 1 atom stereocenters. The van der Waals surface area contributed by atoms with Gasteiger partial charge in [-0.25, -0.2) is 4.39 Å². The Morgan fingerprint density at radius 2 is 1.88 bits per heavy atom. The summed E-state index contributed by atoms with van der Waals surface area (Å²) in [6.45, 7) is 0. The zero-order valence-electron chi connectivity index (χ0n) is 12.6.